The summed E-state index contributed by atoms with van der Waals surface area (Å²) in [5.41, 5.74) is 5.48. The molecular formula is C13H18BrN3O4S. The summed E-state index contributed by atoms with van der Waals surface area (Å²) in [5.74, 6) is 0. The number of hydrogen-bond donors (Lipinski definition) is 1. The lowest BCUT2D eigenvalue weighted by atomic mass is 10.00. The molecule has 1 aromatic carbocycles. The summed E-state index contributed by atoms with van der Waals surface area (Å²) in [6, 6.07) is 3.30. The van der Waals surface area contributed by atoms with Gasteiger partial charge in [0.25, 0.3) is 5.69 Å². The van der Waals surface area contributed by atoms with Gasteiger partial charge in [0.05, 0.1) is 4.92 Å². The molecule has 1 aliphatic rings. The molecule has 0 amide bonds. The van der Waals surface area contributed by atoms with Gasteiger partial charge in [0.15, 0.2) is 4.90 Å². The quantitative estimate of drug-likeness (QED) is 0.625. The molecule has 0 spiro atoms. The number of nitrogens with zero attached hydrogens (tertiary/aromatic N) is 2. The van der Waals surface area contributed by atoms with E-state index in [4.69, 9.17) is 5.73 Å². The van der Waals surface area contributed by atoms with Crippen LogP contribution in [0.15, 0.2) is 27.6 Å². The molecule has 0 aliphatic carbocycles. The molecule has 122 valence electrons. The maximum atomic E-state index is 12.9. The maximum absolute atomic E-state index is 12.9. The van der Waals surface area contributed by atoms with E-state index in [-0.39, 0.29) is 17.0 Å². The van der Waals surface area contributed by atoms with Crippen LogP contribution in [0.1, 0.15) is 26.2 Å². The molecule has 2 unspecified atom stereocenters. The highest BCUT2D eigenvalue weighted by Crippen LogP contribution is 2.33. The van der Waals surface area contributed by atoms with Crippen molar-refractivity contribution in [2.45, 2.75) is 43.2 Å². The molecular weight excluding hydrogens is 374 g/mol. The molecule has 2 rings (SSSR count). The summed E-state index contributed by atoms with van der Waals surface area (Å²) in [5, 5.41) is 11.2. The summed E-state index contributed by atoms with van der Waals surface area (Å²) < 4.78 is 27.6. The fourth-order valence-corrected chi connectivity index (χ4v) is 4.99. The Morgan fingerprint density at radius 2 is 2.14 bits per heavy atom. The van der Waals surface area contributed by atoms with Crippen LogP contribution in [0.5, 0.6) is 0 Å². The van der Waals surface area contributed by atoms with E-state index in [0.29, 0.717) is 17.4 Å². The van der Waals surface area contributed by atoms with Gasteiger partial charge in [-0.3, -0.25) is 10.1 Å². The van der Waals surface area contributed by atoms with Crippen molar-refractivity contribution in [1.29, 1.82) is 0 Å². The van der Waals surface area contributed by atoms with E-state index in [2.05, 4.69) is 15.9 Å². The molecule has 9 heteroatoms. The average Bonchev–Trinajstić information content (AvgIpc) is 2.46. The first-order chi connectivity index (χ1) is 10.2. The summed E-state index contributed by atoms with van der Waals surface area (Å²) in [6.07, 6.45) is 2.30. The minimum absolute atomic E-state index is 0.284. The van der Waals surface area contributed by atoms with Crippen molar-refractivity contribution >= 4 is 31.6 Å². The number of nitrogens with two attached hydrogens (primary N) is 1. The van der Waals surface area contributed by atoms with Gasteiger partial charge in [0.2, 0.25) is 10.0 Å². The zero-order chi connectivity index (χ0) is 16.5. The molecule has 1 fully saturated rings. The normalized spacial score (nSPS) is 21.5. The minimum Gasteiger partial charge on any atom is -0.326 e. The van der Waals surface area contributed by atoms with Gasteiger partial charge in [-0.1, -0.05) is 22.4 Å². The molecule has 0 aromatic heterocycles. The summed E-state index contributed by atoms with van der Waals surface area (Å²) in [6.45, 7) is 2.09. The lowest BCUT2D eigenvalue weighted by molar-refractivity contribution is -0.387. The maximum Gasteiger partial charge on any atom is 0.290 e. The van der Waals surface area contributed by atoms with Crippen molar-refractivity contribution in [3.05, 3.63) is 32.8 Å². The molecule has 1 saturated heterocycles. The Morgan fingerprint density at radius 1 is 1.45 bits per heavy atom. The van der Waals surface area contributed by atoms with Crippen LogP contribution in [-0.4, -0.2) is 36.3 Å². The predicted molar refractivity (Wildman–Crippen MR) is 86.0 cm³/mol. The Bertz CT molecular complexity index is 678. The Hall–Kier alpha value is -1.03. The average molecular weight is 392 g/mol. The molecule has 1 aliphatic heterocycles. The highest BCUT2D eigenvalue weighted by Gasteiger charge is 2.38. The molecule has 0 bridgehead atoms. The summed E-state index contributed by atoms with van der Waals surface area (Å²) >= 11 is 3.13. The third kappa shape index (κ3) is 3.32. The molecule has 0 saturated carbocycles. The van der Waals surface area contributed by atoms with Gasteiger partial charge in [0.1, 0.15) is 0 Å². The van der Waals surface area contributed by atoms with Crippen molar-refractivity contribution in [2.24, 2.45) is 5.73 Å². The Kier molecular flexibility index (Phi) is 5.21. The second kappa shape index (κ2) is 6.61. The van der Waals surface area contributed by atoms with E-state index in [0.717, 1.165) is 12.8 Å². The van der Waals surface area contributed by atoms with Crippen molar-refractivity contribution in [3.63, 3.8) is 0 Å². The van der Waals surface area contributed by atoms with Crippen molar-refractivity contribution in [2.75, 3.05) is 6.54 Å². The van der Waals surface area contributed by atoms with E-state index in [1.807, 2.05) is 0 Å². The fourth-order valence-electron chi connectivity index (χ4n) is 2.73. The minimum atomic E-state index is -3.96. The topological polar surface area (TPSA) is 107 Å². The van der Waals surface area contributed by atoms with E-state index in [1.165, 1.54) is 22.5 Å². The fraction of sp³-hybridized carbons (Fsp3) is 0.538. The first-order valence-electron chi connectivity index (χ1n) is 6.96. The van der Waals surface area contributed by atoms with Gasteiger partial charge >= 0.3 is 0 Å². The highest BCUT2D eigenvalue weighted by atomic mass is 79.9. The largest absolute Gasteiger partial charge is 0.326 e. The molecule has 0 radical (unpaired) electrons. The van der Waals surface area contributed by atoms with Crippen LogP contribution < -0.4 is 5.73 Å². The lowest BCUT2D eigenvalue weighted by Crippen LogP contribution is -2.51. The van der Waals surface area contributed by atoms with E-state index in [9.17, 15) is 18.5 Å². The first kappa shape index (κ1) is 17.3. The predicted octanol–water partition coefficient (Wildman–Crippen LogP) is 2.25. The number of benzene rings is 1. The molecule has 7 nitrogen and oxygen atoms in total. The van der Waals surface area contributed by atoms with Gasteiger partial charge in [0, 0.05) is 29.2 Å². The van der Waals surface area contributed by atoms with E-state index in [1.54, 1.807) is 6.92 Å². The second-order valence-electron chi connectivity index (χ2n) is 5.41. The summed E-state index contributed by atoms with van der Waals surface area (Å²) in [7, 11) is -3.96. The van der Waals surface area contributed by atoms with E-state index >= 15 is 0 Å². The zero-order valence-electron chi connectivity index (χ0n) is 12.1. The van der Waals surface area contributed by atoms with Crippen LogP contribution in [0.2, 0.25) is 0 Å². The zero-order valence-corrected chi connectivity index (χ0v) is 14.5. The molecule has 1 aromatic rings. The monoisotopic (exact) mass is 391 g/mol. The van der Waals surface area contributed by atoms with Crippen LogP contribution in [0.3, 0.4) is 0 Å². The molecule has 2 atom stereocenters. The molecule has 22 heavy (non-hydrogen) atoms. The standard InChI is InChI=1S/C13H18BrN3O4S/c1-9(15)11-4-2-3-7-16(11)22(20,21)13-6-5-10(14)8-12(13)17(18)19/h5-6,8-9,11H,2-4,7,15H2,1H3. The van der Waals surface area contributed by atoms with Crippen LogP contribution >= 0.6 is 15.9 Å². The van der Waals surface area contributed by atoms with Crippen molar-refractivity contribution in [3.8, 4) is 0 Å². The van der Waals surface area contributed by atoms with Crippen LogP contribution in [0.4, 0.5) is 5.69 Å². The number of nitro benzene ring substituents is 1. The Balaban J connectivity index is 2.52. The van der Waals surface area contributed by atoms with Gasteiger partial charge < -0.3 is 5.73 Å². The Labute approximate surface area is 137 Å². The van der Waals surface area contributed by atoms with Gasteiger partial charge in [-0.2, -0.15) is 4.31 Å². The third-order valence-electron chi connectivity index (χ3n) is 3.81. The molecule has 1 heterocycles. The van der Waals surface area contributed by atoms with Crippen molar-refractivity contribution in [1.82, 2.24) is 4.31 Å². The third-order valence-corrected chi connectivity index (χ3v) is 6.27. The second-order valence-corrected chi connectivity index (χ2v) is 8.18. The number of halogens is 1. The Morgan fingerprint density at radius 3 is 2.73 bits per heavy atom. The number of nitro groups is 1. The lowest BCUT2D eigenvalue weighted by Gasteiger charge is -2.36. The summed E-state index contributed by atoms with van der Waals surface area (Å²) in [4.78, 5) is 10.2. The number of rotatable bonds is 4. The number of hydrogen-bond acceptors (Lipinski definition) is 5. The van der Waals surface area contributed by atoms with Gasteiger partial charge in [-0.25, -0.2) is 8.42 Å². The van der Waals surface area contributed by atoms with Crippen molar-refractivity contribution < 1.29 is 13.3 Å². The van der Waals surface area contributed by atoms with Gasteiger partial charge in [-0.15, -0.1) is 0 Å². The van der Waals surface area contributed by atoms with Crippen LogP contribution in [-0.2, 0) is 10.0 Å². The smallest absolute Gasteiger partial charge is 0.290 e. The highest BCUT2D eigenvalue weighted by molar-refractivity contribution is 9.10. The molecule has 2 N–H and O–H groups in total. The van der Waals surface area contributed by atoms with E-state index < -0.39 is 20.6 Å². The van der Waals surface area contributed by atoms with Gasteiger partial charge in [-0.05, 0) is 31.9 Å². The number of sulfonamides is 1. The van der Waals surface area contributed by atoms with Crippen LogP contribution in [0, 0.1) is 10.1 Å². The SMILES string of the molecule is CC(N)C1CCCCN1S(=O)(=O)c1ccc(Br)cc1[N+](=O)[O-]. The van der Waals surface area contributed by atoms with Crippen LogP contribution in [0.25, 0.3) is 0 Å². The first-order valence-corrected chi connectivity index (χ1v) is 9.20. The number of piperidine rings is 1.